The second-order valence-corrected chi connectivity index (χ2v) is 5.71. The Bertz CT molecular complexity index is 580. The van der Waals surface area contributed by atoms with Gasteiger partial charge >= 0.3 is 0 Å². The molecule has 0 saturated heterocycles. The molecule has 5 heteroatoms. The lowest BCUT2D eigenvalue weighted by atomic mass is 10.2. The van der Waals surface area contributed by atoms with Gasteiger partial charge in [0.2, 0.25) is 0 Å². The highest BCUT2D eigenvalue weighted by Crippen LogP contribution is 2.19. The maximum absolute atomic E-state index is 12.0. The van der Waals surface area contributed by atoms with Crippen LogP contribution in [0.1, 0.15) is 20.1 Å². The molecule has 0 unspecified atom stereocenters. The standard InChI is InChI=1S/C13H13ClN2OS/c1-8-2-4-10(18-8)7-16-13(17)11-6-9(15)3-5-12(11)14/h2-6H,7,15H2,1H3,(H,16,17). The molecule has 94 valence electrons. The molecule has 0 atom stereocenters. The lowest BCUT2D eigenvalue weighted by Crippen LogP contribution is -2.22. The summed E-state index contributed by atoms with van der Waals surface area (Å²) < 4.78 is 0. The van der Waals surface area contributed by atoms with E-state index in [1.54, 1.807) is 29.5 Å². The molecule has 1 amide bonds. The molecule has 0 spiro atoms. The van der Waals surface area contributed by atoms with Crippen molar-refractivity contribution in [2.45, 2.75) is 13.5 Å². The molecule has 0 aliphatic carbocycles. The molecule has 1 aromatic heterocycles. The minimum atomic E-state index is -0.210. The van der Waals surface area contributed by atoms with Crippen LogP contribution < -0.4 is 11.1 Å². The summed E-state index contributed by atoms with van der Waals surface area (Å²) in [7, 11) is 0. The van der Waals surface area contributed by atoms with Crippen molar-refractivity contribution in [3.8, 4) is 0 Å². The van der Waals surface area contributed by atoms with E-state index in [4.69, 9.17) is 17.3 Å². The number of aryl methyl sites for hydroxylation is 1. The number of hydrogen-bond acceptors (Lipinski definition) is 3. The van der Waals surface area contributed by atoms with Gasteiger partial charge in [-0.1, -0.05) is 11.6 Å². The monoisotopic (exact) mass is 280 g/mol. The molecule has 3 N–H and O–H groups in total. The second kappa shape index (κ2) is 5.42. The summed E-state index contributed by atoms with van der Waals surface area (Å²) in [6.07, 6.45) is 0. The maximum Gasteiger partial charge on any atom is 0.253 e. The molecule has 0 fully saturated rings. The molecule has 3 nitrogen and oxygen atoms in total. The van der Waals surface area contributed by atoms with Gasteiger partial charge in [0.05, 0.1) is 17.1 Å². The summed E-state index contributed by atoms with van der Waals surface area (Å²) in [6.45, 7) is 2.53. The predicted octanol–water partition coefficient (Wildman–Crippen LogP) is 3.22. The number of benzene rings is 1. The molecule has 1 heterocycles. The van der Waals surface area contributed by atoms with Gasteiger partial charge in [0, 0.05) is 15.4 Å². The normalized spacial score (nSPS) is 10.3. The van der Waals surface area contributed by atoms with E-state index >= 15 is 0 Å². The van der Waals surface area contributed by atoms with Gasteiger partial charge in [0.25, 0.3) is 5.91 Å². The van der Waals surface area contributed by atoms with E-state index in [1.165, 1.54) is 4.88 Å². The van der Waals surface area contributed by atoms with E-state index in [0.29, 0.717) is 22.8 Å². The third-order valence-corrected chi connectivity index (χ3v) is 3.78. The van der Waals surface area contributed by atoms with Gasteiger partial charge in [-0.05, 0) is 37.3 Å². The zero-order valence-corrected chi connectivity index (χ0v) is 11.4. The summed E-state index contributed by atoms with van der Waals surface area (Å²) in [5.74, 6) is -0.210. The maximum atomic E-state index is 12.0. The van der Waals surface area contributed by atoms with Crippen LogP contribution in [-0.2, 0) is 6.54 Å². The van der Waals surface area contributed by atoms with Crippen LogP contribution in [-0.4, -0.2) is 5.91 Å². The third kappa shape index (κ3) is 3.03. The van der Waals surface area contributed by atoms with Crippen LogP contribution in [0, 0.1) is 6.92 Å². The molecule has 0 bridgehead atoms. The summed E-state index contributed by atoms with van der Waals surface area (Å²) in [5.41, 5.74) is 6.57. The first-order valence-corrected chi connectivity index (χ1v) is 6.64. The molecular formula is C13H13ClN2OS. The number of nitrogens with one attached hydrogen (secondary N) is 1. The Kier molecular flexibility index (Phi) is 3.89. The Morgan fingerprint density at radius 1 is 1.39 bits per heavy atom. The highest BCUT2D eigenvalue weighted by molar-refractivity contribution is 7.11. The number of halogens is 1. The quantitative estimate of drug-likeness (QED) is 0.848. The summed E-state index contributed by atoms with van der Waals surface area (Å²) in [5, 5.41) is 3.23. The number of rotatable bonds is 3. The van der Waals surface area contributed by atoms with Crippen molar-refractivity contribution >= 4 is 34.5 Å². The first-order valence-electron chi connectivity index (χ1n) is 5.45. The fraction of sp³-hybridized carbons (Fsp3) is 0.154. The van der Waals surface area contributed by atoms with Gasteiger partial charge in [0.15, 0.2) is 0 Å². The molecule has 2 rings (SSSR count). The van der Waals surface area contributed by atoms with Gasteiger partial charge in [-0.25, -0.2) is 0 Å². The number of amides is 1. The molecule has 1 aromatic carbocycles. The van der Waals surface area contributed by atoms with Crippen LogP contribution in [0.25, 0.3) is 0 Å². The molecule has 2 aromatic rings. The Labute approximate surface area is 115 Å². The minimum Gasteiger partial charge on any atom is -0.399 e. The third-order valence-electron chi connectivity index (χ3n) is 2.45. The first kappa shape index (κ1) is 12.9. The first-order chi connectivity index (χ1) is 8.56. The molecule has 0 saturated carbocycles. The summed E-state index contributed by atoms with van der Waals surface area (Å²) in [4.78, 5) is 14.3. The van der Waals surface area contributed by atoms with Crippen LogP contribution in [0.5, 0.6) is 0 Å². The van der Waals surface area contributed by atoms with Crippen molar-refractivity contribution in [1.29, 1.82) is 0 Å². The fourth-order valence-electron chi connectivity index (χ4n) is 1.56. The van der Waals surface area contributed by atoms with E-state index < -0.39 is 0 Å². The van der Waals surface area contributed by atoms with Crippen molar-refractivity contribution in [3.05, 3.63) is 50.7 Å². The smallest absolute Gasteiger partial charge is 0.253 e. The molecule has 18 heavy (non-hydrogen) atoms. The van der Waals surface area contributed by atoms with Crippen molar-refractivity contribution in [2.24, 2.45) is 0 Å². The van der Waals surface area contributed by atoms with Crippen molar-refractivity contribution in [1.82, 2.24) is 5.32 Å². The number of nitrogen functional groups attached to an aromatic ring is 1. The van der Waals surface area contributed by atoms with E-state index in [-0.39, 0.29) is 5.91 Å². The molecule has 0 aliphatic rings. The Morgan fingerprint density at radius 2 is 2.17 bits per heavy atom. The molecule has 0 radical (unpaired) electrons. The summed E-state index contributed by atoms with van der Waals surface area (Å²) >= 11 is 7.62. The number of anilines is 1. The van der Waals surface area contributed by atoms with Crippen molar-refractivity contribution in [2.75, 3.05) is 5.73 Å². The topological polar surface area (TPSA) is 55.1 Å². The van der Waals surface area contributed by atoms with Gasteiger partial charge in [-0.3, -0.25) is 4.79 Å². The highest BCUT2D eigenvalue weighted by atomic mass is 35.5. The number of thiophene rings is 1. The molecular weight excluding hydrogens is 268 g/mol. The zero-order valence-electron chi connectivity index (χ0n) is 9.87. The number of carbonyl (C=O) groups excluding carboxylic acids is 1. The number of nitrogens with two attached hydrogens (primary N) is 1. The van der Waals surface area contributed by atoms with Crippen LogP contribution in [0.2, 0.25) is 5.02 Å². The zero-order chi connectivity index (χ0) is 13.1. The highest BCUT2D eigenvalue weighted by Gasteiger charge is 2.10. The van der Waals surface area contributed by atoms with E-state index in [0.717, 1.165) is 4.88 Å². The van der Waals surface area contributed by atoms with Gasteiger partial charge in [-0.2, -0.15) is 0 Å². The van der Waals surface area contributed by atoms with Crippen LogP contribution >= 0.6 is 22.9 Å². The minimum absolute atomic E-state index is 0.210. The Hall–Kier alpha value is -1.52. The van der Waals surface area contributed by atoms with Gasteiger partial charge < -0.3 is 11.1 Å². The average molecular weight is 281 g/mol. The van der Waals surface area contributed by atoms with Gasteiger partial charge in [-0.15, -0.1) is 11.3 Å². The summed E-state index contributed by atoms with van der Waals surface area (Å²) in [6, 6.07) is 8.90. The predicted molar refractivity (Wildman–Crippen MR) is 76.1 cm³/mol. The van der Waals surface area contributed by atoms with Crippen molar-refractivity contribution in [3.63, 3.8) is 0 Å². The second-order valence-electron chi connectivity index (χ2n) is 3.93. The number of hydrogen-bond donors (Lipinski definition) is 2. The van der Waals surface area contributed by atoms with Crippen LogP contribution in [0.4, 0.5) is 5.69 Å². The largest absolute Gasteiger partial charge is 0.399 e. The van der Waals surface area contributed by atoms with E-state index in [2.05, 4.69) is 5.32 Å². The van der Waals surface area contributed by atoms with E-state index in [1.807, 2.05) is 19.1 Å². The SMILES string of the molecule is Cc1ccc(CNC(=O)c2cc(N)ccc2Cl)s1. The fourth-order valence-corrected chi connectivity index (χ4v) is 2.59. The van der Waals surface area contributed by atoms with Gasteiger partial charge in [0.1, 0.15) is 0 Å². The molecule has 0 aliphatic heterocycles. The van der Waals surface area contributed by atoms with Crippen LogP contribution in [0.3, 0.4) is 0 Å². The lowest BCUT2D eigenvalue weighted by molar-refractivity contribution is 0.0951. The Balaban J connectivity index is 2.05. The Morgan fingerprint density at radius 3 is 2.83 bits per heavy atom. The van der Waals surface area contributed by atoms with E-state index in [9.17, 15) is 4.79 Å². The van der Waals surface area contributed by atoms with Crippen molar-refractivity contribution < 1.29 is 4.79 Å². The van der Waals surface area contributed by atoms with Crippen LogP contribution in [0.15, 0.2) is 30.3 Å². The lowest BCUT2D eigenvalue weighted by Gasteiger charge is -2.06. The number of carbonyl (C=O) groups is 1. The average Bonchev–Trinajstić information content (AvgIpc) is 2.75.